The Morgan fingerprint density at radius 2 is 1.84 bits per heavy atom. The van der Waals surface area contributed by atoms with Crippen molar-refractivity contribution in [3.8, 4) is 0 Å². The lowest BCUT2D eigenvalue weighted by molar-refractivity contribution is -0.133. The normalized spacial score (nSPS) is 21.9. The van der Waals surface area contributed by atoms with Crippen LogP contribution < -0.4 is 0 Å². The van der Waals surface area contributed by atoms with Gasteiger partial charge in [0.25, 0.3) is 0 Å². The third-order valence-corrected chi connectivity index (χ3v) is 4.82. The molecule has 1 N–H and O–H groups in total. The Labute approximate surface area is 143 Å². The Balaban J connectivity index is 1.86. The number of benzene rings is 2. The number of hydrogen-bond donors (Lipinski definition) is 1. The molecule has 1 saturated carbocycles. The second-order valence-electron chi connectivity index (χ2n) is 6.47. The van der Waals surface area contributed by atoms with Crippen LogP contribution in [0.2, 0.25) is 0 Å². The highest BCUT2D eigenvalue weighted by molar-refractivity contribution is 5.92. The van der Waals surface area contributed by atoms with Crippen LogP contribution in [-0.2, 0) is 16.8 Å². The average molecular weight is 349 g/mol. The third kappa shape index (κ3) is 3.14. The molecule has 6 heteroatoms. The molecule has 0 radical (unpaired) electrons. The first-order valence-corrected chi connectivity index (χ1v) is 7.95. The van der Waals surface area contributed by atoms with Gasteiger partial charge in [-0.3, -0.25) is 4.79 Å². The SMILES string of the molecule is CN(Cc1ccc(F)cc1)C(=O)[C@@]1(c2ccc(F)c(F)c2)C[C@H]1CO. The lowest BCUT2D eigenvalue weighted by Gasteiger charge is -2.25. The molecule has 1 fully saturated rings. The first-order valence-electron chi connectivity index (χ1n) is 7.95. The molecule has 2 aromatic carbocycles. The van der Waals surface area contributed by atoms with E-state index >= 15 is 0 Å². The van der Waals surface area contributed by atoms with E-state index in [1.807, 2.05) is 0 Å². The van der Waals surface area contributed by atoms with E-state index in [1.165, 1.54) is 23.1 Å². The Kier molecular flexibility index (Phi) is 4.56. The molecule has 0 bridgehead atoms. The van der Waals surface area contributed by atoms with Gasteiger partial charge in [0.2, 0.25) is 5.91 Å². The fourth-order valence-corrected chi connectivity index (χ4v) is 3.34. The zero-order valence-electron chi connectivity index (χ0n) is 13.7. The minimum absolute atomic E-state index is 0.213. The van der Waals surface area contributed by atoms with Crippen LogP contribution in [-0.4, -0.2) is 29.6 Å². The molecule has 2 atom stereocenters. The highest BCUT2D eigenvalue weighted by atomic mass is 19.2. The van der Waals surface area contributed by atoms with E-state index in [0.717, 1.165) is 17.7 Å². The Hall–Kier alpha value is -2.34. The molecule has 0 saturated heterocycles. The quantitative estimate of drug-likeness (QED) is 0.901. The van der Waals surface area contributed by atoms with Crippen LogP contribution in [0, 0.1) is 23.4 Å². The predicted molar refractivity (Wildman–Crippen MR) is 86.1 cm³/mol. The van der Waals surface area contributed by atoms with Gasteiger partial charge in [-0.2, -0.15) is 0 Å². The van der Waals surface area contributed by atoms with Crippen molar-refractivity contribution in [1.82, 2.24) is 4.90 Å². The van der Waals surface area contributed by atoms with Gasteiger partial charge in [0.1, 0.15) is 5.82 Å². The first kappa shape index (κ1) is 17.5. The number of aliphatic hydroxyl groups excluding tert-OH is 1. The summed E-state index contributed by atoms with van der Waals surface area (Å²) in [5.41, 5.74) is 0.0678. The summed E-state index contributed by atoms with van der Waals surface area (Å²) in [5, 5.41) is 9.50. The minimum atomic E-state index is -1.04. The van der Waals surface area contributed by atoms with E-state index in [1.54, 1.807) is 19.2 Å². The van der Waals surface area contributed by atoms with E-state index in [-0.39, 0.29) is 30.8 Å². The highest BCUT2D eigenvalue weighted by Gasteiger charge is 2.61. The number of hydrogen-bond acceptors (Lipinski definition) is 2. The van der Waals surface area contributed by atoms with Crippen LogP contribution in [0.5, 0.6) is 0 Å². The number of rotatable bonds is 5. The topological polar surface area (TPSA) is 40.5 Å². The summed E-state index contributed by atoms with van der Waals surface area (Å²) in [4.78, 5) is 14.5. The van der Waals surface area contributed by atoms with E-state index < -0.39 is 17.0 Å². The molecule has 3 nitrogen and oxygen atoms in total. The second kappa shape index (κ2) is 6.52. The molecule has 1 amide bonds. The van der Waals surface area contributed by atoms with Crippen molar-refractivity contribution in [3.63, 3.8) is 0 Å². The molecular weight excluding hydrogens is 331 g/mol. The van der Waals surface area contributed by atoms with E-state index in [4.69, 9.17) is 0 Å². The van der Waals surface area contributed by atoms with Gasteiger partial charge in [0.05, 0.1) is 5.41 Å². The summed E-state index contributed by atoms with van der Waals surface area (Å²) < 4.78 is 39.8. The molecule has 25 heavy (non-hydrogen) atoms. The van der Waals surface area contributed by atoms with E-state index in [0.29, 0.717) is 12.0 Å². The van der Waals surface area contributed by atoms with Gasteiger partial charge in [0, 0.05) is 26.1 Å². The van der Waals surface area contributed by atoms with Crippen LogP contribution in [0.15, 0.2) is 42.5 Å². The number of nitrogens with zero attached hydrogens (tertiary/aromatic N) is 1. The van der Waals surface area contributed by atoms with Crippen molar-refractivity contribution in [2.45, 2.75) is 18.4 Å². The maximum atomic E-state index is 13.6. The summed E-state index contributed by atoms with van der Waals surface area (Å²) >= 11 is 0. The van der Waals surface area contributed by atoms with Crippen LogP contribution in [0.3, 0.4) is 0 Å². The Bertz CT molecular complexity index is 794. The fraction of sp³-hybridized carbons (Fsp3) is 0.316. The summed E-state index contributed by atoms with van der Waals surface area (Å²) in [6.07, 6.45) is 0.376. The Morgan fingerprint density at radius 1 is 1.16 bits per heavy atom. The zero-order valence-corrected chi connectivity index (χ0v) is 13.7. The monoisotopic (exact) mass is 349 g/mol. The number of carbonyl (C=O) groups is 1. The number of amides is 1. The molecule has 0 heterocycles. The van der Waals surface area contributed by atoms with Crippen molar-refractivity contribution in [2.24, 2.45) is 5.92 Å². The van der Waals surface area contributed by atoms with Crippen molar-refractivity contribution in [1.29, 1.82) is 0 Å². The summed E-state index contributed by atoms with van der Waals surface area (Å²) in [5.74, 6) is -2.97. The molecule has 1 aliphatic carbocycles. The van der Waals surface area contributed by atoms with Crippen molar-refractivity contribution >= 4 is 5.91 Å². The largest absolute Gasteiger partial charge is 0.396 e. The van der Waals surface area contributed by atoms with Crippen LogP contribution in [0.1, 0.15) is 17.5 Å². The van der Waals surface area contributed by atoms with Gasteiger partial charge in [-0.25, -0.2) is 13.2 Å². The molecular formula is C19H18F3NO2. The van der Waals surface area contributed by atoms with Gasteiger partial charge in [0.15, 0.2) is 11.6 Å². The van der Waals surface area contributed by atoms with Gasteiger partial charge in [-0.1, -0.05) is 18.2 Å². The van der Waals surface area contributed by atoms with Crippen molar-refractivity contribution < 1.29 is 23.1 Å². The molecule has 0 aliphatic heterocycles. The number of carbonyl (C=O) groups excluding carboxylic acids is 1. The summed E-state index contributed by atoms with van der Waals surface area (Å²) in [6.45, 7) is 0.0395. The molecule has 3 rings (SSSR count). The van der Waals surface area contributed by atoms with Gasteiger partial charge in [-0.05, 0) is 41.8 Å². The van der Waals surface area contributed by atoms with Crippen molar-refractivity contribution in [3.05, 3.63) is 71.0 Å². The fourth-order valence-electron chi connectivity index (χ4n) is 3.34. The number of aliphatic hydroxyl groups is 1. The second-order valence-corrected chi connectivity index (χ2v) is 6.47. The minimum Gasteiger partial charge on any atom is -0.396 e. The first-order chi connectivity index (χ1) is 11.9. The summed E-state index contributed by atoms with van der Waals surface area (Å²) in [7, 11) is 1.60. The molecule has 0 unspecified atom stereocenters. The maximum Gasteiger partial charge on any atom is 0.233 e. The van der Waals surface area contributed by atoms with Crippen molar-refractivity contribution in [2.75, 3.05) is 13.7 Å². The van der Waals surface area contributed by atoms with Crippen LogP contribution >= 0.6 is 0 Å². The highest BCUT2D eigenvalue weighted by Crippen LogP contribution is 2.55. The van der Waals surface area contributed by atoms with Crippen LogP contribution in [0.25, 0.3) is 0 Å². The molecule has 0 aromatic heterocycles. The standard InChI is InChI=1S/C19H18F3NO2/c1-23(10-12-2-5-15(20)6-3-12)18(25)19(9-14(19)11-24)13-4-7-16(21)17(22)8-13/h2-8,14,24H,9-11H2,1H3/t14-,19+/m0/s1. The van der Waals surface area contributed by atoms with Gasteiger partial charge >= 0.3 is 0 Å². The van der Waals surface area contributed by atoms with Gasteiger partial charge < -0.3 is 10.0 Å². The van der Waals surface area contributed by atoms with E-state index in [9.17, 15) is 23.1 Å². The van der Waals surface area contributed by atoms with Crippen LogP contribution in [0.4, 0.5) is 13.2 Å². The lowest BCUT2D eigenvalue weighted by atomic mass is 9.91. The zero-order chi connectivity index (χ0) is 18.2. The maximum absolute atomic E-state index is 13.6. The Morgan fingerprint density at radius 3 is 2.40 bits per heavy atom. The summed E-state index contributed by atoms with van der Waals surface area (Å²) in [6, 6.07) is 9.19. The number of likely N-dealkylation sites (N-methyl/N-ethyl adjacent to an activating group) is 1. The van der Waals surface area contributed by atoms with Gasteiger partial charge in [-0.15, -0.1) is 0 Å². The smallest absolute Gasteiger partial charge is 0.233 e. The van der Waals surface area contributed by atoms with E-state index in [2.05, 4.69) is 0 Å². The predicted octanol–water partition coefficient (Wildman–Crippen LogP) is 3.01. The third-order valence-electron chi connectivity index (χ3n) is 4.82. The lowest BCUT2D eigenvalue weighted by Crippen LogP contribution is -2.38. The number of halogens is 3. The average Bonchev–Trinajstić information content (AvgIpc) is 3.34. The molecule has 1 aliphatic rings. The molecule has 0 spiro atoms. The molecule has 132 valence electrons. The molecule has 2 aromatic rings.